The minimum absolute atomic E-state index is 0.622. The fourth-order valence-electron chi connectivity index (χ4n) is 2.39. The summed E-state index contributed by atoms with van der Waals surface area (Å²) in [5, 5.41) is 2.10. The van der Waals surface area contributed by atoms with Crippen LogP contribution in [0.1, 0.15) is 16.0 Å². The van der Waals surface area contributed by atoms with Gasteiger partial charge in [0.2, 0.25) is 0 Å². The number of fused-ring (bicyclic) bond motifs is 1. The van der Waals surface area contributed by atoms with E-state index in [9.17, 15) is 0 Å². The van der Waals surface area contributed by atoms with E-state index in [2.05, 4.69) is 9.88 Å². The van der Waals surface area contributed by atoms with Crippen LogP contribution >= 0.6 is 34.5 Å². The van der Waals surface area contributed by atoms with Crippen molar-refractivity contribution in [2.45, 2.75) is 19.5 Å². The van der Waals surface area contributed by atoms with Crippen LogP contribution < -0.4 is 5.73 Å². The maximum atomic E-state index is 6.28. The molecule has 6 heteroatoms. The van der Waals surface area contributed by atoms with Gasteiger partial charge in [0, 0.05) is 40.8 Å². The highest BCUT2D eigenvalue weighted by molar-refractivity contribution is 7.15. The number of halogens is 2. The van der Waals surface area contributed by atoms with Crippen LogP contribution in [-0.4, -0.2) is 16.4 Å². The molecule has 1 aromatic carbocycles. The molecule has 0 amide bonds. The number of nitrogen functional groups attached to an aromatic ring is 1. The lowest BCUT2D eigenvalue weighted by molar-refractivity contribution is 0.247. The molecule has 0 saturated carbocycles. The fraction of sp³-hybridized carbons (Fsp3) is 0.308. The van der Waals surface area contributed by atoms with Crippen LogP contribution in [0.4, 0.5) is 5.13 Å². The van der Waals surface area contributed by atoms with E-state index in [4.69, 9.17) is 28.9 Å². The Hall–Kier alpha value is -0.810. The molecule has 19 heavy (non-hydrogen) atoms. The van der Waals surface area contributed by atoms with Crippen LogP contribution in [0.2, 0.25) is 10.0 Å². The minimum atomic E-state index is 0.622. The van der Waals surface area contributed by atoms with Crippen LogP contribution in [0.15, 0.2) is 18.3 Å². The number of rotatable bonds is 2. The van der Waals surface area contributed by atoms with Crippen LogP contribution in [0, 0.1) is 0 Å². The predicted octanol–water partition coefficient (Wildman–Crippen LogP) is 3.59. The molecular weight excluding hydrogens is 301 g/mol. The highest BCUT2D eigenvalue weighted by atomic mass is 35.5. The molecule has 2 heterocycles. The Morgan fingerprint density at radius 1 is 1.37 bits per heavy atom. The molecule has 0 fully saturated rings. The van der Waals surface area contributed by atoms with E-state index in [1.54, 1.807) is 11.3 Å². The van der Waals surface area contributed by atoms with Crippen molar-refractivity contribution in [1.82, 2.24) is 9.88 Å². The summed E-state index contributed by atoms with van der Waals surface area (Å²) in [6.45, 7) is 2.72. The number of anilines is 1. The molecule has 3 rings (SSSR count). The van der Waals surface area contributed by atoms with Gasteiger partial charge in [-0.2, -0.15) is 0 Å². The van der Waals surface area contributed by atoms with E-state index >= 15 is 0 Å². The van der Waals surface area contributed by atoms with Crippen molar-refractivity contribution >= 4 is 39.7 Å². The molecule has 3 nitrogen and oxygen atoms in total. The van der Waals surface area contributed by atoms with E-state index in [-0.39, 0.29) is 0 Å². The van der Waals surface area contributed by atoms with E-state index in [0.717, 1.165) is 31.1 Å². The number of benzene rings is 1. The number of thiazole rings is 1. The topological polar surface area (TPSA) is 42.1 Å². The van der Waals surface area contributed by atoms with Crippen molar-refractivity contribution in [3.63, 3.8) is 0 Å². The van der Waals surface area contributed by atoms with Gasteiger partial charge in [0.1, 0.15) is 0 Å². The third-order valence-electron chi connectivity index (χ3n) is 3.28. The summed E-state index contributed by atoms with van der Waals surface area (Å²) in [6, 6.07) is 3.83. The molecule has 1 aliphatic heterocycles. The lowest BCUT2D eigenvalue weighted by Crippen LogP contribution is -2.30. The second kappa shape index (κ2) is 5.29. The second-order valence-electron chi connectivity index (χ2n) is 4.65. The molecule has 0 spiro atoms. The van der Waals surface area contributed by atoms with Crippen LogP contribution in [0.5, 0.6) is 0 Å². The van der Waals surface area contributed by atoms with Crippen LogP contribution in [0.3, 0.4) is 0 Å². The van der Waals surface area contributed by atoms with Gasteiger partial charge in [0.25, 0.3) is 0 Å². The van der Waals surface area contributed by atoms with Gasteiger partial charge in [-0.3, -0.25) is 4.90 Å². The van der Waals surface area contributed by atoms with Gasteiger partial charge in [-0.15, -0.1) is 11.3 Å². The predicted molar refractivity (Wildman–Crippen MR) is 80.8 cm³/mol. The Bertz CT molecular complexity index is 612. The Kier molecular flexibility index (Phi) is 3.67. The van der Waals surface area contributed by atoms with Gasteiger partial charge in [-0.25, -0.2) is 4.98 Å². The average Bonchev–Trinajstić information content (AvgIpc) is 2.75. The zero-order valence-electron chi connectivity index (χ0n) is 10.2. The summed E-state index contributed by atoms with van der Waals surface area (Å²) in [6.07, 6.45) is 2.82. The van der Waals surface area contributed by atoms with Crippen LogP contribution in [-0.2, 0) is 19.5 Å². The maximum Gasteiger partial charge on any atom is 0.180 e. The summed E-state index contributed by atoms with van der Waals surface area (Å²) < 4.78 is 0. The molecule has 0 radical (unpaired) electrons. The standard InChI is InChI=1S/C13H13Cl2N3S/c14-9-3-8-1-2-18(7-11(8)12(15)4-9)6-10-5-17-13(16)19-10/h3-5H,1-2,6-7H2,(H2,16,17). The van der Waals surface area contributed by atoms with E-state index in [1.165, 1.54) is 16.0 Å². The Morgan fingerprint density at radius 2 is 2.21 bits per heavy atom. The lowest BCUT2D eigenvalue weighted by Gasteiger charge is -2.29. The summed E-state index contributed by atoms with van der Waals surface area (Å²) in [5.74, 6) is 0. The monoisotopic (exact) mass is 313 g/mol. The first-order valence-corrected chi connectivity index (χ1v) is 7.58. The molecule has 0 bridgehead atoms. The average molecular weight is 314 g/mol. The summed E-state index contributed by atoms with van der Waals surface area (Å²) >= 11 is 13.9. The zero-order chi connectivity index (χ0) is 13.4. The smallest absolute Gasteiger partial charge is 0.180 e. The molecular formula is C13H13Cl2N3S. The van der Waals surface area contributed by atoms with Crippen molar-refractivity contribution in [2.24, 2.45) is 0 Å². The van der Waals surface area contributed by atoms with Crippen molar-refractivity contribution in [2.75, 3.05) is 12.3 Å². The van der Waals surface area contributed by atoms with Gasteiger partial charge in [0.15, 0.2) is 5.13 Å². The Labute approximate surface area is 126 Å². The molecule has 0 atom stereocenters. The number of nitrogens with two attached hydrogens (primary N) is 1. The number of hydrogen-bond acceptors (Lipinski definition) is 4. The van der Waals surface area contributed by atoms with Crippen molar-refractivity contribution in [1.29, 1.82) is 0 Å². The Morgan fingerprint density at radius 3 is 2.95 bits per heavy atom. The molecule has 0 saturated heterocycles. The molecule has 0 unspecified atom stereocenters. The lowest BCUT2D eigenvalue weighted by atomic mass is 10.00. The molecule has 2 aromatic rings. The molecule has 1 aliphatic rings. The fourth-order valence-corrected chi connectivity index (χ4v) is 3.71. The first-order chi connectivity index (χ1) is 9.11. The first-order valence-electron chi connectivity index (χ1n) is 6.01. The third-order valence-corrected chi connectivity index (χ3v) is 4.65. The summed E-state index contributed by atoms with van der Waals surface area (Å²) in [4.78, 5) is 7.62. The molecule has 2 N–H and O–H groups in total. The van der Waals surface area contributed by atoms with Gasteiger partial charge in [-0.1, -0.05) is 23.2 Å². The quantitative estimate of drug-likeness (QED) is 0.921. The van der Waals surface area contributed by atoms with Crippen molar-refractivity contribution in [3.8, 4) is 0 Å². The largest absolute Gasteiger partial charge is 0.375 e. The zero-order valence-corrected chi connectivity index (χ0v) is 12.5. The van der Waals surface area contributed by atoms with Gasteiger partial charge >= 0.3 is 0 Å². The molecule has 1 aromatic heterocycles. The third kappa shape index (κ3) is 2.87. The summed E-state index contributed by atoms with van der Waals surface area (Å²) in [7, 11) is 0. The second-order valence-corrected chi connectivity index (χ2v) is 6.64. The van der Waals surface area contributed by atoms with Gasteiger partial charge in [0.05, 0.1) is 0 Å². The number of aromatic nitrogens is 1. The van der Waals surface area contributed by atoms with E-state index in [0.29, 0.717) is 10.2 Å². The highest BCUT2D eigenvalue weighted by Crippen LogP contribution is 2.31. The Balaban J connectivity index is 1.78. The van der Waals surface area contributed by atoms with E-state index in [1.807, 2.05) is 18.3 Å². The van der Waals surface area contributed by atoms with Gasteiger partial charge in [-0.05, 0) is 29.7 Å². The maximum absolute atomic E-state index is 6.28. The van der Waals surface area contributed by atoms with E-state index < -0.39 is 0 Å². The van der Waals surface area contributed by atoms with Crippen molar-refractivity contribution in [3.05, 3.63) is 44.4 Å². The SMILES string of the molecule is Nc1ncc(CN2CCc3cc(Cl)cc(Cl)c3C2)s1. The minimum Gasteiger partial charge on any atom is -0.375 e. The normalized spacial score (nSPS) is 15.5. The van der Waals surface area contributed by atoms with Crippen LogP contribution in [0.25, 0.3) is 0 Å². The number of hydrogen-bond donors (Lipinski definition) is 1. The van der Waals surface area contributed by atoms with Gasteiger partial charge < -0.3 is 5.73 Å². The van der Waals surface area contributed by atoms with Crippen molar-refractivity contribution < 1.29 is 0 Å². The number of nitrogens with zero attached hydrogens (tertiary/aromatic N) is 2. The molecule has 0 aliphatic carbocycles. The first kappa shape index (κ1) is 13.2. The summed E-state index contributed by atoms with van der Waals surface area (Å²) in [5.41, 5.74) is 8.11. The molecule has 100 valence electrons. The highest BCUT2D eigenvalue weighted by Gasteiger charge is 2.20.